The SMILES string of the molecule is C=C1C2CCC3C1CCCCC23. The van der Waals surface area contributed by atoms with Gasteiger partial charge in [0.05, 0.1) is 0 Å². The first-order valence-corrected chi connectivity index (χ1v) is 5.56. The van der Waals surface area contributed by atoms with Crippen molar-refractivity contribution in [3.8, 4) is 0 Å². The lowest BCUT2D eigenvalue weighted by atomic mass is 9.82. The highest BCUT2D eigenvalue weighted by Gasteiger charge is 2.50. The van der Waals surface area contributed by atoms with E-state index in [-0.39, 0.29) is 0 Å². The standard InChI is InChI=1S/C12H18/c1-8-9-4-2-3-5-11-10(8)6-7-12(9)11/h9-12H,1-7H2. The van der Waals surface area contributed by atoms with E-state index in [0.29, 0.717) is 0 Å². The zero-order valence-corrected chi connectivity index (χ0v) is 7.76. The van der Waals surface area contributed by atoms with Crippen molar-refractivity contribution in [3.05, 3.63) is 12.2 Å². The Morgan fingerprint density at radius 3 is 2.42 bits per heavy atom. The molecule has 0 spiro atoms. The summed E-state index contributed by atoms with van der Waals surface area (Å²) in [5.41, 5.74) is 1.65. The van der Waals surface area contributed by atoms with Crippen LogP contribution < -0.4 is 0 Å². The normalized spacial score (nSPS) is 51.2. The van der Waals surface area contributed by atoms with E-state index in [1.165, 1.54) is 38.5 Å². The predicted octanol–water partition coefficient (Wildman–Crippen LogP) is 3.39. The molecule has 3 aliphatic rings. The molecule has 0 aromatic heterocycles. The molecule has 0 saturated heterocycles. The summed E-state index contributed by atoms with van der Waals surface area (Å²) < 4.78 is 0. The van der Waals surface area contributed by atoms with Crippen LogP contribution in [0.2, 0.25) is 0 Å². The molecular formula is C12H18. The second-order valence-corrected chi connectivity index (χ2v) is 4.98. The van der Waals surface area contributed by atoms with Crippen LogP contribution in [0.5, 0.6) is 0 Å². The lowest BCUT2D eigenvalue weighted by molar-refractivity contribution is 0.347. The van der Waals surface area contributed by atoms with Crippen LogP contribution in [0.4, 0.5) is 0 Å². The van der Waals surface area contributed by atoms with Crippen LogP contribution in [0.3, 0.4) is 0 Å². The smallest absolute Gasteiger partial charge is 0.0172 e. The van der Waals surface area contributed by atoms with Gasteiger partial charge < -0.3 is 0 Å². The van der Waals surface area contributed by atoms with Gasteiger partial charge in [-0.2, -0.15) is 0 Å². The third-order valence-electron chi connectivity index (χ3n) is 4.65. The number of hydrogen-bond acceptors (Lipinski definition) is 0. The maximum absolute atomic E-state index is 4.32. The molecule has 3 fully saturated rings. The topological polar surface area (TPSA) is 0 Å². The predicted molar refractivity (Wildman–Crippen MR) is 50.8 cm³/mol. The molecule has 0 N–H and O–H groups in total. The van der Waals surface area contributed by atoms with Crippen molar-refractivity contribution in [2.75, 3.05) is 0 Å². The summed E-state index contributed by atoms with van der Waals surface area (Å²) in [5, 5.41) is 0. The molecule has 0 nitrogen and oxygen atoms in total. The van der Waals surface area contributed by atoms with Gasteiger partial charge in [-0.1, -0.05) is 25.0 Å². The van der Waals surface area contributed by atoms with Gasteiger partial charge in [-0.25, -0.2) is 0 Å². The summed E-state index contributed by atoms with van der Waals surface area (Å²) in [6.45, 7) is 4.32. The summed E-state index contributed by atoms with van der Waals surface area (Å²) in [4.78, 5) is 0. The van der Waals surface area contributed by atoms with Gasteiger partial charge in [0, 0.05) is 0 Å². The average Bonchev–Trinajstić information content (AvgIpc) is 2.46. The molecule has 66 valence electrons. The van der Waals surface area contributed by atoms with Crippen molar-refractivity contribution in [2.45, 2.75) is 38.5 Å². The second-order valence-electron chi connectivity index (χ2n) is 4.98. The van der Waals surface area contributed by atoms with E-state index in [1.807, 2.05) is 0 Å². The molecule has 0 aromatic rings. The molecule has 0 amide bonds. The molecule has 3 saturated carbocycles. The Kier molecular flexibility index (Phi) is 1.42. The van der Waals surface area contributed by atoms with Crippen molar-refractivity contribution >= 4 is 0 Å². The van der Waals surface area contributed by atoms with Crippen LogP contribution >= 0.6 is 0 Å². The van der Waals surface area contributed by atoms with Gasteiger partial charge in [-0.05, 0) is 49.4 Å². The Labute approximate surface area is 75.0 Å². The number of rotatable bonds is 0. The van der Waals surface area contributed by atoms with Gasteiger partial charge in [0.15, 0.2) is 0 Å². The second kappa shape index (κ2) is 2.37. The van der Waals surface area contributed by atoms with E-state index in [2.05, 4.69) is 6.58 Å². The van der Waals surface area contributed by atoms with Gasteiger partial charge in [-0.15, -0.1) is 0 Å². The molecule has 3 aliphatic carbocycles. The fourth-order valence-corrected chi connectivity index (χ4v) is 4.17. The Hall–Kier alpha value is -0.260. The van der Waals surface area contributed by atoms with Crippen LogP contribution in [0.25, 0.3) is 0 Å². The first kappa shape index (κ1) is 7.17. The van der Waals surface area contributed by atoms with Gasteiger partial charge in [0.1, 0.15) is 0 Å². The van der Waals surface area contributed by atoms with E-state index < -0.39 is 0 Å². The minimum absolute atomic E-state index is 0.955. The minimum Gasteiger partial charge on any atom is -0.0993 e. The molecule has 0 heterocycles. The van der Waals surface area contributed by atoms with Gasteiger partial charge in [-0.3, -0.25) is 0 Å². The van der Waals surface area contributed by atoms with Crippen LogP contribution in [-0.4, -0.2) is 0 Å². The lowest BCUT2D eigenvalue weighted by Gasteiger charge is -2.23. The Bertz CT molecular complexity index is 216. The molecule has 12 heavy (non-hydrogen) atoms. The zero-order valence-electron chi connectivity index (χ0n) is 7.76. The molecular weight excluding hydrogens is 144 g/mol. The summed E-state index contributed by atoms with van der Waals surface area (Å²) in [6.07, 6.45) is 8.97. The molecule has 3 rings (SSSR count). The quantitative estimate of drug-likeness (QED) is 0.479. The largest absolute Gasteiger partial charge is 0.0993 e. The molecule has 4 bridgehead atoms. The average molecular weight is 162 g/mol. The van der Waals surface area contributed by atoms with Crippen molar-refractivity contribution in [2.24, 2.45) is 23.7 Å². The zero-order chi connectivity index (χ0) is 8.13. The number of allylic oxidation sites excluding steroid dienone is 1. The molecule has 0 aromatic carbocycles. The van der Waals surface area contributed by atoms with Crippen LogP contribution in [0.1, 0.15) is 38.5 Å². The van der Waals surface area contributed by atoms with Crippen molar-refractivity contribution in [3.63, 3.8) is 0 Å². The molecule has 0 aliphatic heterocycles. The maximum Gasteiger partial charge on any atom is -0.0172 e. The molecule has 0 heteroatoms. The van der Waals surface area contributed by atoms with E-state index >= 15 is 0 Å². The first-order chi connectivity index (χ1) is 5.88. The van der Waals surface area contributed by atoms with Crippen LogP contribution in [0.15, 0.2) is 12.2 Å². The van der Waals surface area contributed by atoms with Crippen LogP contribution in [0, 0.1) is 23.7 Å². The summed E-state index contributed by atoms with van der Waals surface area (Å²) >= 11 is 0. The van der Waals surface area contributed by atoms with Crippen LogP contribution in [-0.2, 0) is 0 Å². The van der Waals surface area contributed by atoms with E-state index in [1.54, 1.807) is 5.57 Å². The van der Waals surface area contributed by atoms with Crippen molar-refractivity contribution < 1.29 is 0 Å². The molecule has 4 unspecified atom stereocenters. The van der Waals surface area contributed by atoms with E-state index in [9.17, 15) is 0 Å². The highest BCUT2D eigenvalue weighted by atomic mass is 14.5. The Morgan fingerprint density at radius 2 is 1.50 bits per heavy atom. The maximum atomic E-state index is 4.32. The third-order valence-corrected chi connectivity index (χ3v) is 4.65. The Balaban J connectivity index is 1.97. The fourth-order valence-electron chi connectivity index (χ4n) is 4.17. The highest BCUT2D eigenvalue weighted by Crippen LogP contribution is 2.59. The number of hydrogen-bond donors (Lipinski definition) is 0. The van der Waals surface area contributed by atoms with Gasteiger partial charge >= 0.3 is 0 Å². The third kappa shape index (κ3) is 0.739. The highest BCUT2D eigenvalue weighted by molar-refractivity contribution is 5.21. The summed E-state index contributed by atoms with van der Waals surface area (Å²) in [7, 11) is 0. The van der Waals surface area contributed by atoms with Gasteiger partial charge in [0.25, 0.3) is 0 Å². The lowest BCUT2D eigenvalue weighted by Crippen LogP contribution is -2.12. The first-order valence-electron chi connectivity index (χ1n) is 5.56. The van der Waals surface area contributed by atoms with E-state index in [0.717, 1.165) is 23.7 Å². The summed E-state index contributed by atoms with van der Waals surface area (Å²) in [5.74, 6) is 4.06. The molecule has 4 atom stereocenters. The Morgan fingerprint density at radius 1 is 0.833 bits per heavy atom. The molecule has 0 radical (unpaired) electrons. The van der Waals surface area contributed by atoms with E-state index in [4.69, 9.17) is 0 Å². The minimum atomic E-state index is 0.955. The van der Waals surface area contributed by atoms with Crippen molar-refractivity contribution in [1.29, 1.82) is 0 Å². The monoisotopic (exact) mass is 162 g/mol. The fraction of sp³-hybridized carbons (Fsp3) is 0.833. The summed E-state index contributed by atoms with van der Waals surface area (Å²) in [6, 6.07) is 0. The van der Waals surface area contributed by atoms with Gasteiger partial charge in [0.2, 0.25) is 0 Å². The van der Waals surface area contributed by atoms with Crippen molar-refractivity contribution in [1.82, 2.24) is 0 Å².